The Morgan fingerprint density at radius 1 is 0.947 bits per heavy atom. The summed E-state index contributed by atoms with van der Waals surface area (Å²) in [5, 5.41) is 0. The summed E-state index contributed by atoms with van der Waals surface area (Å²) in [5.41, 5.74) is 2.62. The van der Waals surface area contributed by atoms with Gasteiger partial charge in [-0.3, -0.25) is 4.90 Å². The van der Waals surface area contributed by atoms with Crippen molar-refractivity contribution in [2.45, 2.75) is 19.5 Å². The number of benzene rings is 2. The highest BCUT2D eigenvalue weighted by molar-refractivity contribution is 5.19. The molecule has 0 N–H and O–H groups in total. The van der Waals surface area contributed by atoms with E-state index in [2.05, 4.69) is 60.4 Å². The van der Waals surface area contributed by atoms with E-state index in [-0.39, 0.29) is 0 Å². The molecule has 2 aromatic rings. The fourth-order valence-corrected chi connectivity index (χ4v) is 2.22. The minimum absolute atomic E-state index is 0.335. The molecule has 0 amide bonds. The molecule has 0 saturated heterocycles. The smallest absolute Gasteiger partial charge is 0.0994 e. The molecule has 19 heavy (non-hydrogen) atoms. The molecule has 0 unspecified atom stereocenters. The van der Waals surface area contributed by atoms with Crippen LogP contribution in [0.1, 0.15) is 24.1 Å². The molecule has 1 atom stereocenters. The van der Waals surface area contributed by atoms with Crippen molar-refractivity contribution in [2.24, 2.45) is 0 Å². The normalized spacial score (nSPS) is 12.6. The summed E-state index contributed by atoms with van der Waals surface area (Å²) in [7, 11) is 1.75. The van der Waals surface area contributed by atoms with Crippen LogP contribution in [0.25, 0.3) is 0 Å². The molecule has 2 rings (SSSR count). The summed E-state index contributed by atoms with van der Waals surface area (Å²) in [6, 6.07) is 21.4. The van der Waals surface area contributed by atoms with Crippen molar-refractivity contribution in [1.82, 2.24) is 4.90 Å². The molecule has 100 valence electrons. The fourth-order valence-electron chi connectivity index (χ4n) is 2.22. The molecule has 0 aliphatic rings. The van der Waals surface area contributed by atoms with Gasteiger partial charge in [0.1, 0.15) is 0 Å². The van der Waals surface area contributed by atoms with Crippen molar-refractivity contribution in [3.8, 4) is 0 Å². The largest absolute Gasteiger partial charge is 0.369 e. The molecule has 0 bridgehead atoms. The molecule has 0 heterocycles. The second kappa shape index (κ2) is 7.07. The monoisotopic (exact) mass is 255 g/mol. The second-order valence-electron chi connectivity index (χ2n) is 4.74. The molecule has 0 spiro atoms. The first kappa shape index (κ1) is 13.8. The molecule has 0 aromatic heterocycles. The number of rotatable bonds is 6. The molecular formula is C17H21NO. The van der Waals surface area contributed by atoms with E-state index in [9.17, 15) is 0 Å². The lowest BCUT2D eigenvalue weighted by Crippen LogP contribution is -2.28. The number of methoxy groups -OCH3 is 1. The first-order valence-electron chi connectivity index (χ1n) is 6.63. The van der Waals surface area contributed by atoms with Gasteiger partial charge >= 0.3 is 0 Å². The first-order valence-corrected chi connectivity index (χ1v) is 6.63. The van der Waals surface area contributed by atoms with Crippen LogP contribution in [0.3, 0.4) is 0 Å². The Labute approximate surface area is 115 Å². The van der Waals surface area contributed by atoms with Crippen LogP contribution in [0.5, 0.6) is 0 Å². The maximum Gasteiger partial charge on any atom is 0.0994 e. The molecule has 0 fully saturated rings. The van der Waals surface area contributed by atoms with Crippen LogP contribution in [-0.4, -0.2) is 18.7 Å². The standard InChI is InChI=1S/C17H21NO/c1-15(17-11-7-4-8-12-17)18(14-19-2)13-16-9-5-3-6-10-16/h3-12,15H,13-14H2,1-2H3/t15-/m0/s1. The van der Waals surface area contributed by atoms with Crippen molar-refractivity contribution in [1.29, 1.82) is 0 Å². The minimum Gasteiger partial charge on any atom is -0.369 e. The number of nitrogens with zero attached hydrogens (tertiary/aromatic N) is 1. The van der Waals surface area contributed by atoms with Crippen LogP contribution in [0, 0.1) is 0 Å². The van der Waals surface area contributed by atoms with Gasteiger partial charge in [0.2, 0.25) is 0 Å². The lowest BCUT2D eigenvalue weighted by molar-refractivity contribution is 0.0314. The highest BCUT2D eigenvalue weighted by Gasteiger charge is 2.15. The van der Waals surface area contributed by atoms with Crippen LogP contribution in [-0.2, 0) is 11.3 Å². The van der Waals surface area contributed by atoms with E-state index in [4.69, 9.17) is 4.74 Å². The zero-order valence-electron chi connectivity index (χ0n) is 11.6. The Bertz CT molecular complexity index is 469. The van der Waals surface area contributed by atoms with Crippen molar-refractivity contribution < 1.29 is 4.74 Å². The average molecular weight is 255 g/mol. The molecular weight excluding hydrogens is 234 g/mol. The van der Waals surface area contributed by atoms with Crippen LogP contribution in [0.15, 0.2) is 60.7 Å². The van der Waals surface area contributed by atoms with E-state index in [1.165, 1.54) is 11.1 Å². The molecule has 0 radical (unpaired) electrons. The SMILES string of the molecule is COCN(Cc1ccccc1)[C@@H](C)c1ccccc1. The predicted octanol–water partition coefficient (Wildman–Crippen LogP) is 3.85. The quantitative estimate of drug-likeness (QED) is 0.727. The minimum atomic E-state index is 0.335. The van der Waals surface area contributed by atoms with Gasteiger partial charge in [0, 0.05) is 19.7 Å². The fraction of sp³-hybridized carbons (Fsp3) is 0.294. The molecule has 0 saturated carbocycles. The molecule has 2 aromatic carbocycles. The first-order chi connectivity index (χ1) is 9.31. The summed E-state index contributed by atoms with van der Waals surface area (Å²) < 4.78 is 5.34. The van der Waals surface area contributed by atoms with Crippen molar-refractivity contribution in [3.05, 3.63) is 71.8 Å². The van der Waals surface area contributed by atoms with Crippen molar-refractivity contribution >= 4 is 0 Å². The Kier molecular flexibility index (Phi) is 5.13. The highest BCUT2D eigenvalue weighted by Crippen LogP contribution is 2.21. The van der Waals surface area contributed by atoms with Gasteiger partial charge in [-0.05, 0) is 18.1 Å². The topological polar surface area (TPSA) is 12.5 Å². The van der Waals surface area contributed by atoms with E-state index in [1.807, 2.05) is 12.1 Å². The third kappa shape index (κ3) is 3.91. The van der Waals surface area contributed by atoms with Gasteiger partial charge in [-0.25, -0.2) is 0 Å². The second-order valence-corrected chi connectivity index (χ2v) is 4.74. The molecule has 2 heteroatoms. The van der Waals surface area contributed by atoms with Gasteiger partial charge in [0.25, 0.3) is 0 Å². The summed E-state index contributed by atoms with van der Waals surface area (Å²) in [5.74, 6) is 0. The molecule has 2 nitrogen and oxygen atoms in total. The van der Waals surface area contributed by atoms with Crippen LogP contribution < -0.4 is 0 Å². The van der Waals surface area contributed by atoms with E-state index in [1.54, 1.807) is 7.11 Å². The highest BCUT2D eigenvalue weighted by atomic mass is 16.5. The lowest BCUT2D eigenvalue weighted by atomic mass is 10.1. The summed E-state index contributed by atoms with van der Waals surface area (Å²) in [6.45, 7) is 3.74. The van der Waals surface area contributed by atoms with Gasteiger partial charge in [-0.1, -0.05) is 60.7 Å². The third-order valence-corrected chi connectivity index (χ3v) is 3.35. The van der Waals surface area contributed by atoms with Crippen molar-refractivity contribution in [3.63, 3.8) is 0 Å². The van der Waals surface area contributed by atoms with Gasteiger partial charge in [0.15, 0.2) is 0 Å². The van der Waals surface area contributed by atoms with Gasteiger partial charge in [-0.2, -0.15) is 0 Å². The zero-order valence-corrected chi connectivity index (χ0v) is 11.6. The Balaban J connectivity index is 2.11. The van der Waals surface area contributed by atoms with Gasteiger partial charge < -0.3 is 4.74 Å². The lowest BCUT2D eigenvalue weighted by Gasteiger charge is -2.28. The van der Waals surface area contributed by atoms with E-state index in [0.717, 1.165) is 6.54 Å². The summed E-state index contributed by atoms with van der Waals surface area (Å²) >= 11 is 0. The van der Waals surface area contributed by atoms with Crippen molar-refractivity contribution in [2.75, 3.05) is 13.8 Å². The maximum absolute atomic E-state index is 5.34. The molecule has 0 aliphatic carbocycles. The Morgan fingerprint density at radius 2 is 1.53 bits per heavy atom. The predicted molar refractivity (Wildman–Crippen MR) is 78.7 cm³/mol. The number of hydrogen-bond acceptors (Lipinski definition) is 2. The van der Waals surface area contributed by atoms with E-state index < -0.39 is 0 Å². The Hall–Kier alpha value is -1.64. The zero-order chi connectivity index (χ0) is 13.5. The molecule has 0 aliphatic heterocycles. The van der Waals surface area contributed by atoms with E-state index in [0.29, 0.717) is 12.8 Å². The summed E-state index contributed by atoms with van der Waals surface area (Å²) in [6.07, 6.45) is 0. The van der Waals surface area contributed by atoms with E-state index >= 15 is 0 Å². The Morgan fingerprint density at radius 3 is 2.11 bits per heavy atom. The van der Waals surface area contributed by atoms with Crippen LogP contribution in [0.4, 0.5) is 0 Å². The third-order valence-electron chi connectivity index (χ3n) is 3.35. The van der Waals surface area contributed by atoms with Crippen LogP contribution >= 0.6 is 0 Å². The maximum atomic E-state index is 5.34. The van der Waals surface area contributed by atoms with Gasteiger partial charge in [0.05, 0.1) is 6.73 Å². The number of hydrogen-bond donors (Lipinski definition) is 0. The number of ether oxygens (including phenoxy) is 1. The van der Waals surface area contributed by atoms with Crippen LogP contribution in [0.2, 0.25) is 0 Å². The van der Waals surface area contributed by atoms with Gasteiger partial charge in [-0.15, -0.1) is 0 Å². The average Bonchev–Trinajstić information content (AvgIpc) is 2.48. The summed E-state index contributed by atoms with van der Waals surface area (Å²) in [4.78, 5) is 2.32.